The Labute approximate surface area is 104 Å². The predicted octanol–water partition coefficient (Wildman–Crippen LogP) is 3.76. The second-order valence-corrected chi connectivity index (χ2v) is 5.49. The first-order chi connectivity index (χ1) is 8.21. The van der Waals surface area contributed by atoms with Gasteiger partial charge in [0.25, 0.3) is 0 Å². The number of hydrogen-bond donors (Lipinski definition) is 0. The highest BCUT2D eigenvalue weighted by atomic mass is 17.4. The summed E-state index contributed by atoms with van der Waals surface area (Å²) in [5.41, 5.74) is -0.336. The van der Waals surface area contributed by atoms with Gasteiger partial charge < -0.3 is 0 Å². The molecule has 0 aromatic carbocycles. The Balaban J connectivity index is 2.17. The molecule has 1 heterocycles. The van der Waals surface area contributed by atoms with Gasteiger partial charge in [-0.1, -0.05) is 39.5 Å². The first kappa shape index (κ1) is 13.0. The molecule has 1 spiro atoms. The lowest BCUT2D eigenvalue weighted by atomic mass is 9.63. The maximum atomic E-state index is 12.4. The molecule has 0 aromatic rings. The van der Waals surface area contributed by atoms with Crippen LogP contribution in [0.25, 0.3) is 0 Å². The van der Waals surface area contributed by atoms with Crippen LogP contribution in [0.1, 0.15) is 71.6 Å². The maximum Gasteiger partial charge on any atom is 0.246 e. The van der Waals surface area contributed by atoms with Crippen molar-refractivity contribution in [2.24, 2.45) is 5.41 Å². The summed E-state index contributed by atoms with van der Waals surface area (Å²) in [4.78, 5) is 23.0. The van der Waals surface area contributed by atoms with E-state index in [1.165, 1.54) is 0 Å². The zero-order valence-electron chi connectivity index (χ0n) is 11.1. The van der Waals surface area contributed by atoms with Gasteiger partial charge in [-0.25, -0.2) is 0 Å². The highest BCUT2D eigenvalue weighted by Crippen LogP contribution is 2.58. The molecule has 3 nitrogen and oxygen atoms in total. The summed E-state index contributed by atoms with van der Waals surface area (Å²) < 4.78 is 0. The Morgan fingerprint density at radius 2 is 1.71 bits per heavy atom. The average molecular weight is 240 g/mol. The molecule has 0 aromatic heterocycles. The number of hydrogen-bond acceptors (Lipinski definition) is 3. The Hall–Kier alpha value is -0.410. The van der Waals surface area contributed by atoms with Gasteiger partial charge in [-0.3, -0.25) is 4.79 Å². The number of rotatable bonds is 6. The lowest BCUT2D eigenvalue weighted by Gasteiger charge is -2.38. The van der Waals surface area contributed by atoms with Crippen molar-refractivity contribution >= 4 is 5.78 Å². The number of ketones is 1. The molecule has 0 amide bonds. The van der Waals surface area contributed by atoms with E-state index in [4.69, 9.17) is 9.78 Å². The molecule has 0 radical (unpaired) electrons. The van der Waals surface area contributed by atoms with Crippen LogP contribution in [-0.2, 0) is 14.6 Å². The summed E-state index contributed by atoms with van der Waals surface area (Å²) in [6.07, 6.45) is 8.81. The third kappa shape index (κ3) is 2.15. The molecule has 1 aliphatic carbocycles. The molecule has 0 bridgehead atoms. The van der Waals surface area contributed by atoms with E-state index in [9.17, 15) is 4.79 Å². The van der Waals surface area contributed by atoms with Crippen LogP contribution in [0, 0.1) is 5.41 Å². The van der Waals surface area contributed by atoms with E-state index in [-0.39, 0.29) is 5.41 Å². The van der Waals surface area contributed by atoms with Crippen molar-refractivity contribution in [3.63, 3.8) is 0 Å². The quantitative estimate of drug-likeness (QED) is 0.524. The Morgan fingerprint density at radius 1 is 1.12 bits per heavy atom. The molecule has 2 fully saturated rings. The Kier molecular flexibility index (Phi) is 3.88. The van der Waals surface area contributed by atoms with Crippen molar-refractivity contribution in [1.82, 2.24) is 0 Å². The van der Waals surface area contributed by atoms with Gasteiger partial charge in [0, 0.05) is 12.8 Å². The SMILES string of the molecule is CCCCC1(CCCC)C(=O)CCCC12OO2. The van der Waals surface area contributed by atoms with Crippen LogP contribution in [0.3, 0.4) is 0 Å². The van der Waals surface area contributed by atoms with Gasteiger partial charge in [-0.05, 0) is 19.3 Å². The van der Waals surface area contributed by atoms with E-state index < -0.39 is 5.79 Å². The Morgan fingerprint density at radius 3 is 2.18 bits per heavy atom. The van der Waals surface area contributed by atoms with Crippen molar-refractivity contribution < 1.29 is 14.6 Å². The van der Waals surface area contributed by atoms with E-state index >= 15 is 0 Å². The smallest absolute Gasteiger partial charge is 0.246 e. The first-order valence-corrected chi connectivity index (χ1v) is 7.11. The number of Topliss-reactive ketones (excluding diaryl/α,β-unsaturated/α-hetero) is 1. The van der Waals surface area contributed by atoms with Gasteiger partial charge in [-0.15, -0.1) is 0 Å². The number of carbonyl (C=O) groups is 1. The van der Waals surface area contributed by atoms with Gasteiger partial charge in [-0.2, -0.15) is 9.78 Å². The second-order valence-electron chi connectivity index (χ2n) is 5.49. The van der Waals surface area contributed by atoms with E-state index in [1.807, 2.05) is 0 Å². The molecule has 3 heteroatoms. The number of unbranched alkanes of at least 4 members (excludes halogenated alkanes) is 2. The molecule has 1 saturated heterocycles. The van der Waals surface area contributed by atoms with Crippen molar-refractivity contribution in [2.75, 3.05) is 0 Å². The summed E-state index contributed by atoms with van der Waals surface area (Å²) in [7, 11) is 0. The predicted molar refractivity (Wildman–Crippen MR) is 65.2 cm³/mol. The fourth-order valence-electron chi connectivity index (χ4n) is 3.21. The highest BCUT2D eigenvalue weighted by Gasteiger charge is 2.68. The summed E-state index contributed by atoms with van der Waals surface area (Å²) >= 11 is 0. The topological polar surface area (TPSA) is 42.1 Å². The largest absolute Gasteiger partial charge is 0.299 e. The first-order valence-electron chi connectivity index (χ1n) is 7.11. The molecule has 98 valence electrons. The monoisotopic (exact) mass is 240 g/mol. The zero-order chi connectivity index (χ0) is 12.4. The molecule has 0 N–H and O–H groups in total. The summed E-state index contributed by atoms with van der Waals surface area (Å²) in [5.74, 6) is -0.157. The fraction of sp³-hybridized carbons (Fsp3) is 0.929. The van der Waals surface area contributed by atoms with Crippen LogP contribution in [-0.4, -0.2) is 11.6 Å². The van der Waals surface area contributed by atoms with Gasteiger partial charge in [0.2, 0.25) is 5.79 Å². The van der Waals surface area contributed by atoms with Gasteiger partial charge >= 0.3 is 0 Å². The van der Waals surface area contributed by atoms with E-state index in [2.05, 4.69) is 13.8 Å². The molecule has 2 rings (SSSR count). The molecule has 17 heavy (non-hydrogen) atoms. The Bertz CT molecular complexity index is 273. The minimum Gasteiger partial charge on any atom is -0.299 e. The lowest BCUT2D eigenvalue weighted by molar-refractivity contribution is -0.139. The molecule has 1 aliphatic heterocycles. The van der Waals surface area contributed by atoms with Crippen LogP contribution in [0.5, 0.6) is 0 Å². The molecule has 0 atom stereocenters. The van der Waals surface area contributed by atoms with Gasteiger partial charge in [0.05, 0.1) is 5.41 Å². The average Bonchev–Trinajstić information content (AvgIpc) is 3.09. The fourth-order valence-corrected chi connectivity index (χ4v) is 3.21. The standard InChI is InChI=1S/C14H24O3/c1-3-5-9-13(10-6-4-2)12(15)8-7-11-14(13)16-17-14/h3-11H2,1-2H3. The minimum atomic E-state index is -0.535. The molecular formula is C14H24O3. The van der Waals surface area contributed by atoms with Gasteiger partial charge in [0.1, 0.15) is 5.78 Å². The molecule has 1 saturated carbocycles. The highest BCUT2D eigenvalue weighted by molar-refractivity contribution is 5.87. The third-order valence-corrected chi connectivity index (χ3v) is 4.37. The maximum absolute atomic E-state index is 12.4. The van der Waals surface area contributed by atoms with E-state index in [1.54, 1.807) is 0 Å². The summed E-state index contributed by atoms with van der Waals surface area (Å²) in [5, 5.41) is 0. The van der Waals surface area contributed by atoms with Crippen molar-refractivity contribution in [2.45, 2.75) is 77.4 Å². The van der Waals surface area contributed by atoms with Gasteiger partial charge in [0.15, 0.2) is 0 Å². The van der Waals surface area contributed by atoms with Crippen molar-refractivity contribution in [3.8, 4) is 0 Å². The van der Waals surface area contributed by atoms with Crippen LogP contribution in [0.15, 0.2) is 0 Å². The van der Waals surface area contributed by atoms with Crippen LogP contribution >= 0.6 is 0 Å². The third-order valence-electron chi connectivity index (χ3n) is 4.37. The minimum absolute atomic E-state index is 0.336. The van der Waals surface area contributed by atoms with Crippen molar-refractivity contribution in [1.29, 1.82) is 0 Å². The normalized spacial score (nSPS) is 25.2. The molecule has 2 aliphatic rings. The van der Waals surface area contributed by atoms with Crippen LogP contribution in [0.2, 0.25) is 0 Å². The van der Waals surface area contributed by atoms with E-state index in [0.29, 0.717) is 12.2 Å². The van der Waals surface area contributed by atoms with Crippen LogP contribution < -0.4 is 0 Å². The zero-order valence-corrected chi connectivity index (χ0v) is 11.1. The lowest BCUT2D eigenvalue weighted by Crippen LogP contribution is -2.48. The van der Waals surface area contributed by atoms with Crippen LogP contribution in [0.4, 0.5) is 0 Å². The summed E-state index contributed by atoms with van der Waals surface area (Å²) in [6, 6.07) is 0. The second kappa shape index (κ2) is 5.07. The molecular weight excluding hydrogens is 216 g/mol. The van der Waals surface area contributed by atoms with E-state index in [0.717, 1.165) is 51.4 Å². The summed E-state index contributed by atoms with van der Waals surface area (Å²) in [6.45, 7) is 4.34. The van der Waals surface area contributed by atoms with Crippen molar-refractivity contribution in [3.05, 3.63) is 0 Å². The molecule has 0 unspecified atom stereocenters. The number of carbonyl (C=O) groups excluding carboxylic acids is 1.